The molecule has 1 heterocycles. The fraction of sp³-hybridized carbons (Fsp3) is 0.333. The summed E-state index contributed by atoms with van der Waals surface area (Å²) >= 11 is 0. The van der Waals surface area contributed by atoms with Crippen LogP contribution in [0.15, 0.2) is 24.4 Å². The number of halogens is 1. The van der Waals surface area contributed by atoms with Gasteiger partial charge in [0.15, 0.2) is 0 Å². The van der Waals surface area contributed by atoms with Gasteiger partial charge < -0.3 is 10.7 Å². The van der Waals surface area contributed by atoms with E-state index in [0.717, 1.165) is 29.3 Å². The number of hydrogen-bond donors (Lipinski definition) is 2. The average Bonchev–Trinajstić information content (AvgIpc) is 2.61. The second-order valence-corrected chi connectivity index (χ2v) is 3.88. The van der Waals surface area contributed by atoms with Crippen LogP contribution in [0.5, 0.6) is 0 Å². The fourth-order valence-corrected chi connectivity index (χ4v) is 1.75. The lowest BCUT2D eigenvalue weighted by atomic mass is 10.0. The number of rotatable bonds is 3. The van der Waals surface area contributed by atoms with Gasteiger partial charge in [-0.2, -0.15) is 0 Å². The van der Waals surface area contributed by atoms with E-state index in [9.17, 15) is 4.39 Å². The van der Waals surface area contributed by atoms with Crippen LogP contribution in [0.1, 0.15) is 18.9 Å². The summed E-state index contributed by atoms with van der Waals surface area (Å²) in [7, 11) is 0. The molecule has 3 heteroatoms. The molecule has 0 saturated carbocycles. The van der Waals surface area contributed by atoms with Crippen LogP contribution in [-0.2, 0) is 6.42 Å². The predicted octanol–water partition coefficient (Wildman–Crippen LogP) is 2.59. The van der Waals surface area contributed by atoms with Gasteiger partial charge in [-0.05, 0) is 36.6 Å². The van der Waals surface area contributed by atoms with Gasteiger partial charge >= 0.3 is 0 Å². The number of benzene rings is 1. The molecule has 0 spiro atoms. The number of H-pyrrole nitrogens is 1. The normalized spacial score (nSPS) is 13.3. The maximum absolute atomic E-state index is 13.1. The molecule has 0 aliphatic rings. The third-order valence-electron chi connectivity index (χ3n) is 2.74. The van der Waals surface area contributed by atoms with Crippen molar-refractivity contribution in [1.82, 2.24) is 4.98 Å². The average molecular weight is 206 g/mol. The van der Waals surface area contributed by atoms with E-state index < -0.39 is 0 Å². The van der Waals surface area contributed by atoms with Crippen molar-refractivity contribution in [3.8, 4) is 0 Å². The lowest BCUT2D eigenvalue weighted by molar-refractivity contribution is 0.628. The molecule has 0 fully saturated rings. The van der Waals surface area contributed by atoms with Crippen molar-refractivity contribution in [3.05, 3.63) is 35.8 Å². The van der Waals surface area contributed by atoms with E-state index in [1.54, 1.807) is 12.1 Å². The first-order chi connectivity index (χ1) is 7.20. The van der Waals surface area contributed by atoms with Gasteiger partial charge in [0.25, 0.3) is 0 Å². The highest BCUT2D eigenvalue weighted by molar-refractivity contribution is 5.83. The molecule has 2 nitrogen and oxygen atoms in total. The van der Waals surface area contributed by atoms with Crippen molar-refractivity contribution in [2.45, 2.75) is 25.8 Å². The molecule has 0 bridgehead atoms. The number of fused-ring (bicyclic) bond motifs is 1. The minimum atomic E-state index is -0.201. The Bertz CT molecular complexity index is 462. The molecule has 15 heavy (non-hydrogen) atoms. The maximum Gasteiger partial charge on any atom is 0.123 e. The maximum atomic E-state index is 13.1. The number of nitrogens with one attached hydrogen (secondary N) is 1. The van der Waals surface area contributed by atoms with E-state index in [0.29, 0.717) is 0 Å². The van der Waals surface area contributed by atoms with Crippen molar-refractivity contribution in [2.75, 3.05) is 0 Å². The van der Waals surface area contributed by atoms with Gasteiger partial charge in [-0.3, -0.25) is 0 Å². The zero-order valence-electron chi connectivity index (χ0n) is 8.76. The first-order valence-corrected chi connectivity index (χ1v) is 5.21. The van der Waals surface area contributed by atoms with Crippen LogP contribution in [0.4, 0.5) is 4.39 Å². The third kappa shape index (κ3) is 2.02. The molecule has 3 N–H and O–H groups in total. The van der Waals surface area contributed by atoms with Crippen LogP contribution in [0.3, 0.4) is 0 Å². The topological polar surface area (TPSA) is 41.8 Å². The molecule has 0 aliphatic carbocycles. The van der Waals surface area contributed by atoms with Crippen LogP contribution < -0.4 is 5.73 Å². The molecule has 1 aromatic heterocycles. The number of aromatic nitrogens is 1. The van der Waals surface area contributed by atoms with E-state index >= 15 is 0 Å². The molecule has 0 amide bonds. The minimum absolute atomic E-state index is 0.146. The van der Waals surface area contributed by atoms with E-state index in [4.69, 9.17) is 5.73 Å². The summed E-state index contributed by atoms with van der Waals surface area (Å²) in [5.41, 5.74) is 7.95. The van der Waals surface area contributed by atoms with E-state index in [1.165, 1.54) is 6.07 Å². The van der Waals surface area contributed by atoms with Gasteiger partial charge in [0.1, 0.15) is 5.82 Å². The third-order valence-corrected chi connectivity index (χ3v) is 2.74. The number of nitrogens with two attached hydrogens (primary N) is 1. The summed E-state index contributed by atoms with van der Waals surface area (Å²) in [5, 5.41) is 0.943. The van der Waals surface area contributed by atoms with Gasteiger partial charge in [-0.1, -0.05) is 6.92 Å². The molecule has 0 saturated heterocycles. The van der Waals surface area contributed by atoms with Crippen molar-refractivity contribution in [1.29, 1.82) is 0 Å². The largest absolute Gasteiger partial charge is 0.361 e. The Kier molecular flexibility index (Phi) is 2.73. The minimum Gasteiger partial charge on any atom is -0.361 e. The molecular weight excluding hydrogens is 191 g/mol. The molecule has 80 valence electrons. The molecule has 1 atom stereocenters. The second kappa shape index (κ2) is 4.03. The van der Waals surface area contributed by atoms with E-state index in [-0.39, 0.29) is 11.9 Å². The zero-order valence-corrected chi connectivity index (χ0v) is 8.76. The van der Waals surface area contributed by atoms with E-state index in [2.05, 4.69) is 11.9 Å². The van der Waals surface area contributed by atoms with Gasteiger partial charge in [0, 0.05) is 23.1 Å². The standard InChI is InChI=1S/C12H15FN2/c1-2-10(14)5-8-7-15-12-4-3-9(13)6-11(8)12/h3-4,6-7,10,15H,2,5,14H2,1H3/t10-/m1/s1. The molecule has 0 unspecified atom stereocenters. The summed E-state index contributed by atoms with van der Waals surface area (Å²) in [5.74, 6) is -0.201. The van der Waals surface area contributed by atoms with Crippen LogP contribution in [0, 0.1) is 5.82 Å². The van der Waals surface area contributed by atoms with Crippen LogP contribution in [0.25, 0.3) is 10.9 Å². The Morgan fingerprint density at radius 3 is 3.00 bits per heavy atom. The lowest BCUT2D eigenvalue weighted by Crippen LogP contribution is -2.21. The summed E-state index contributed by atoms with van der Waals surface area (Å²) in [4.78, 5) is 3.12. The number of hydrogen-bond acceptors (Lipinski definition) is 1. The van der Waals surface area contributed by atoms with Gasteiger partial charge in [0.2, 0.25) is 0 Å². The summed E-state index contributed by atoms with van der Waals surface area (Å²) < 4.78 is 13.1. The van der Waals surface area contributed by atoms with Crippen molar-refractivity contribution >= 4 is 10.9 Å². The van der Waals surface area contributed by atoms with Gasteiger partial charge in [0.05, 0.1) is 0 Å². The van der Waals surface area contributed by atoms with Crippen LogP contribution >= 0.6 is 0 Å². The van der Waals surface area contributed by atoms with Crippen LogP contribution in [-0.4, -0.2) is 11.0 Å². The molecule has 0 radical (unpaired) electrons. The first kappa shape index (κ1) is 10.2. The second-order valence-electron chi connectivity index (χ2n) is 3.88. The summed E-state index contributed by atoms with van der Waals surface area (Å²) in [6.07, 6.45) is 3.64. The Hall–Kier alpha value is -1.35. The smallest absolute Gasteiger partial charge is 0.123 e. The molecular formula is C12H15FN2. The Labute approximate surface area is 88.3 Å². The molecule has 0 aliphatic heterocycles. The Balaban J connectivity index is 2.39. The molecule has 2 aromatic rings. The molecule has 2 rings (SSSR count). The quantitative estimate of drug-likeness (QED) is 0.796. The summed E-state index contributed by atoms with van der Waals surface area (Å²) in [6, 6.07) is 4.92. The monoisotopic (exact) mass is 206 g/mol. The number of aromatic amines is 1. The first-order valence-electron chi connectivity index (χ1n) is 5.21. The Morgan fingerprint density at radius 2 is 2.27 bits per heavy atom. The van der Waals surface area contributed by atoms with Gasteiger partial charge in [-0.15, -0.1) is 0 Å². The highest BCUT2D eigenvalue weighted by atomic mass is 19.1. The Morgan fingerprint density at radius 1 is 1.47 bits per heavy atom. The van der Waals surface area contributed by atoms with Crippen LogP contribution in [0.2, 0.25) is 0 Å². The highest BCUT2D eigenvalue weighted by Crippen LogP contribution is 2.20. The van der Waals surface area contributed by atoms with Crippen molar-refractivity contribution in [2.24, 2.45) is 5.73 Å². The highest BCUT2D eigenvalue weighted by Gasteiger charge is 2.07. The van der Waals surface area contributed by atoms with E-state index in [1.807, 2.05) is 6.20 Å². The lowest BCUT2D eigenvalue weighted by Gasteiger charge is -2.06. The molecule has 1 aromatic carbocycles. The SMILES string of the molecule is CC[C@@H](N)Cc1c[nH]c2ccc(F)cc12. The van der Waals surface area contributed by atoms with Crippen molar-refractivity contribution in [3.63, 3.8) is 0 Å². The summed E-state index contributed by atoms with van der Waals surface area (Å²) in [6.45, 7) is 2.06. The van der Waals surface area contributed by atoms with Crippen molar-refractivity contribution < 1.29 is 4.39 Å². The van der Waals surface area contributed by atoms with Gasteiger partial charge in [-0.25, -0.2) is 4.39 Å². The zero-order chi connectivity index (χ0) is 10.8. The predicted molar refractivity (Wildman–Crippen MR) is 60.2 cm³/mol. The fourth-order valence-electron chi connectivity index (χ4n) is 1.75.